The van der Waals surface area contributed by atoms with Crippen LogP contribution in [-0.4, -0.2) is 15.0 Å². The Morgan fingerprint density at radius 3 is 2.41 bits per heavy atom. The van der Waals surface area contributed by atoms with Crippen LogP contribution in [-0.2, 0) is 6.61 Å². The highest BCUT2D eigenvalue weighted by Crippen LogP contribution is 2.33. The van der Waals surface area contributed by atoms with E-state index in [4.69, 9.17) is 14.3 Å². The highest BCUT2D eigenvalue weighted by atomic mass is 16.6. The van der Waals surface area contributed by atoms with Crippen molar-refractivity contribution in [2.75, 3.05) is 0 Å². The van der Waals surface area contributed by atoms with E-state index >= 15 is 0 Å². The van der Waals surface area contributed by atoms with E-state index in [1.807, 2.05) is 0 Å². The minimum atomic E-state index is -0.869. The second-order valence-electron chi connectivity index (χ2n) is 4.00. The van der Waals surface area contributed by atoms with Crippen LogP contribution in [0.25, 0.3) is 0 Å². The van der Waals surface area contributed by atoms with E-state index in [1.165, 1.54) is 0 Å². The Kier molecular flexibility index (Phi) is 4.13. The van der Waals surface area contributed by atoms with E-state index in [0.29, 0.717) is 0 Å². The molecule has 0 fully saturated rings. The van der Waals surface area contributed by atoms with Gasteiger partial charge in [0, 0.05) is 12.1 Å². The van der Waals surface area contributed by atoms with Gasteiger partial charge in [0.25, 0.3) is 5.69 Å². The summed E-state index contributed by atoms with van der Waals surface area (Å²) >= 11 is 0. The van der Waals surface area contributed by atoms with Crippen LogP contribution in [0.1, 0.15) is 5.76 Å². The molecule has 0 amide bonds. The van der Waals surface area contributed by atoms with Crippen molar-refractivity contribution in [2.45, 2.75) is 6.61 Å². The summed E-state index contributed by atoms with van der Waals surface area (Å²) in [6.45, 7) is -0.493. The van der Waals surface area contributed by atoms with Gasteiger partial charge in [-0.1, -0.05) is 0 Å². The van der Waals surface area contributed by atoms with E-state index < -0.39 is 33.3 Å². The Hall–Kier alpha value is -3.27. The smallest absolute Gasteiger partial charge is 0.318 e. The molecular weight excluding hydrogens is 300 g/mol. The average Bonchev–Trinajstić information content (AvgIpc) is 2.49. The fourth-order valence-corrected chi connectivity index (χ4v) is 1.56. The van der Waals surface area contributed by atoms with Gasteiger partial charge in [0.15, 0.2) is 0 Å². The number of nitro groups is 2. The van der Waals surface area contributed by atoms with Gasteiger partial charge in [-0.25, -0.2) is 0 Å². The molecule has 114 valence electrons. The minimum Gasteiger partial charge on any atom is -0.463 e. The number of hydrogen-bond donors (Lipinski definition) is 1. The molecule has 0 radical (unpaired) electrons. The molecule has 1 N–H and O–H groups in total. The first-order valence-corrected chi connectivity index (χ1v) is 5.75. The summed E-state index contributed by atoms with van der Waals surface area (Å²) in [6.07, 6.45) is 0.888. The number of non-ortho nitro benzene ring substituents is 1. The zero-order chi connectivity index (χ0) is 16.3. The quantitative estimate of drug-likeness (QED) is 0.649. The van der Waals surface area contributed by atoms with Gasteiger partial charge in [-0.05, 0) is 6.07 Å². The molecule has 0 aliphatic carbocycles. The van der Waals surface area contributed by atoms with E-state index in [2.05, 4.69) is 0 Å². The molecule has 2 rings (SSSR count). The number of nitrogens with zero attached hydrogens (tertiary/aromatic N) is 2. The van der Waals surface area contributed by atoms with Crippen molar-refractivity contribution in [3.8, 4) is 11.5 Å². The fourth-order valence-electron chi connectivity index (χ4n) is 1.56. The lowest BCUT2D eigenvalue weighted by Gasteiger charge is -2.05. The minimum absolute atomic E-state index is 0.00412. The van der Waals surface area contributed by atoms with Gasteiger partial charge in [0.05, 0.1) is 15.9 Å². The summed E-state index contributed by atoms with van der Waals surface area (Å²) in [4.78, 5) is 31.6. The first kappa shape index (κ1) is 15.1. The third-order valence-corrected chi connectivity index (χ3v) is 2.58. The van der Waals surface area contributed by atoms with Crippen LogP contribution in [0.5, 0.6) is 11.5 Å². The van der Waals surface area contributed by atoms with Crippen LogP contribution in [0, 0.1) is 20.2 Å². The molecule has 2 aromatic rings. The van der Waals surface area contributed by atoms with E-state index in [1.54, 1.807) is 0 Å². The molecule has 22 heavy (non-hydrogen) atoms. The van der Waals surface area contributed by atoms with Gasteiger partial charge in [-0.2, -0.15) is 0 Å². The van der Waals surface area contributed by atoms with Crippen molar-refractivity contribution in [3.63, 3.8) is 0 Å². The number of rotatable bonds is 5. The van der Waals surface area contributed by atoms with Gasteiger partial charge in [-0.15, -0.1) is 0 Å². The summed E-state index contributed by atoms with van der Waals surface area (Å²) in [7, 11) is 0. The molecule has 0 aliphatic rings. The maximum Gasteiger partial charge on any atom is 0.318 e. The van der Waals surface area contributed by atoms with Crippen LogP contribution in [0.15, 0.2) is 39.7 Å². The van der Waals surface area contributed by atoms with Gasteiger partial charge < -0.3 is 14.3 Å². The van der Waals surface area contributed by atoms with Gasteiger partial charge in [0.2, 0.25) is 16.9 Å². The molecule has 1 heterocycles. The third-order valence-electron chi connectivity index (χ3n) is 2.58. The number of aliphatic hydroxyl groups excluding tert-OH is 1. The monoisotopic (exact) mass is 308 g/mol. The number of aliphatic hydroxyl groups is 1. The number of ether oxygens (including phenoxy) is 1. The molecule has 0 unspecified atom stereocenters. The van der Waals surface area contributed by atoms with Crippen LogP contribution in [0.4, 0.5) is 11.4 Å². The van der Waals surface area contributed by atoms with Crippen molar-refractivity contribution in [1.29, 1.82) is 0 Å². The molecule has 1 aromatic carbocycles. The van der Waals surface area contributed by atoms with Crippen LogP contribution < -0.4 is 10.2 Å². The van der Waals surface area contributed by atoms with E-state index in [9.17, 15) is 25.0 Å². The van der Waals surface area contributed by atoms with Gasteiger partial charge in [0.1, 0.15) is 18.6 Å². The van der Waals surface area contributed by atoms with E-state index in [0.717, 1.165) is 30.5 Å². The molecule has 0 saturated carbocycles. The summed E-state index contributed by atoms with van der Waals surface area (Å²) < 4.78 is 9.95. The van der Waals surface area contributed by atoms with Gasteiger partial charge >= 0.3 is 5.69 Å². The molecule has 10 heteroatoms. The maximum atomic E-state index is 11.7. The molecule has 1 aromatic heterocycles. The fraction of sp³-hybridized carbons (Fsp3) is 0.0833. The Morgan fingerprint density at radius 1 is 1.14 bits per heavy atom. The predicted octanol–water partition coefficient (Wildman–Crippen LogP) is 1.74. The molecule has 0 atom stereocenters. The first-order chi connectivity index (χ1) is 10.4. The predicted molar refractivity (Wildman–Crippen MR) is 70.7 cm³/mol. The second-order valence-corrected chi connectivity index (χ2v) is 4.00. The largest absolute Gasteiger partial charge is 0.463 e. The number of benzene rings is 1. The van der Waals surface area contributed by atoms with Crippen LogP contribution in [0.2, 0.25) is 0 Å². The summed E-state index contributed by atoms with van der Waals surface area (Å²) in [6, 6.07) is 3.70. The average molecular weight is 308 g/mol. The zero-order valence-corrected chi connectivity index (χ0v) is 10.8. The topological polar surface area (TPSA) is 146 Å². The van der Waals surface area contributed by atoms with Crippen molar-refractivity contribution >= 4 is 11.4 Å². The highest BCUT2D eigenvalue weighted by molar-refractivity contribution is 5.54. The maximum absolute atomic E-state index is 11.7. The lowest BCUT2D eigenvalue weighted by Crippen LogP contribution is -2.05. The highest BCUT2D eigenvalue weighted by Gasteiger charge is 2.22. The summed E-state index contributed by atoms with van der Waals surface area (Å²) in [5.41, 5.74) is -1.82. The van der Waals surface area contributed by atoms with Crippen molar-refractivity contribution < 1.29 is 24.1 Å². The Bertz CT molecular complexity index is 798. The van der Waals surface area contributed by atoms with Crippen LogP contribution >= 0.6 is 0 Å². The second kappa shape index (κ2) is 6.01. The molecule has 10 nitrogen and oxygen atoms in total. The van der Waals surface area contributed by atoms with Gasteiger partial charge in [-0.3, -0.25) is 25.0 Å². The van der Waals surface area contributed by atoms with Crippen molar-refractivity contribution in [1.82, 2.24) is 0 Å². The van der Waals surface area contributed by atoms with E-state index in [-0.39, 0.29) is 17.3 Å². The normalized spacial score (nSPS) is 10.2. The lowest BCUT2D eigenvalue weighted by molar-refractivity contribution is -0.394. The lowest BCUT2D eigenvalue weighted by atomic mass is 10.2. The standard InChI is InChI=1S/C12H8N2O8/c15-5-8-4-10(16)12(6-21-8)22-11-2-1-7(13(17)18)3-9(11)14(19)20/h1-4,6,15H,5H2. The Labute approximate surface area is 121 Å². The SMILES string of the molecule is O=c1cc(CO)occ1Oc1ccc([N+](=O)[O-])cc1[N+](=O)[O-]. The summed E-state index contributed by atoms with van der Waals surface area (Å²) in [5, 5.41) is 30.4. The van der Waals surface area contributed by atoms with Crippen LogP contribution in [0.3, 0.4) is 0 Å². The molecule has 0 aliphatic heterocycles. The molecule has 0 bridgehead atoms. The zero-order valence-electron chi connectivity index (χ0n) is 10.8. The first-order valence-electron chi connectivity index (χ1n) is 5.75. The Morgan fingerprint density at radius 2 is 1.86 bits per heavy atom. The van der Waals surface area contributed by atoms with Crippen molar-refractivity contribution in [3.05, 3.63) is 66.7 Å². The number of nitro benzene ring substituents is 2. The third kappa shape index (κ3) is 3.07. The number of hydrogen-bond acceptors (Lipinski definition) is 8. The van der Waals surface area contributed by atoms with Crippen molar-refractivity contribution in [2.24, 2.45) is 0 Å². The molecular formula is C12H8N2O8. The summed E-state index contributed by atoms with van der Waals surface area (Å²) in [5.74, 6) is -0.704. The molecule has 0 saturated heterocycles. The Balaban J connectivity index is 2.43. The molecule has 0 spiro atoms.